The first kappa shape index (κ1) is 26.1. The lowest BCUT2D eigenvalue weighted by atomic mass is 9.52. The van der Waals surface area contributed by atoms with Gasteiger partial charge in [0.1, 0.15) is 11.6 Å². The second-order valence-corrected chi connectivity index (χ2v) is 12.7. The first-order valence-corrected chi connectivity index (χ1v) is 14.4. The molecule has 206 valence electrons. The highest BCUT2D eigenvalue weighted by molar-refractivity contribution is 7.88. The number of benzene rings is 2. The molecule has 3 aliphatic carbocycles. The van der Waals surface area contributed by atoms with Crippen LogP contribution in [0.1, 0.15) is 59.1 Å². The lowest BCUT2D eigenvalue weighted by Gasteiger charge is -2.59. The molecule has 1 N–H and O–H groups in total. The zero-order chi connectivity index (χ0) is 27.6. The van der Waals surface area contributed by atoms with Crippen LogP contribution in [0.5, 0.6) is 0 Å². The van der Waals surface area contributed by atoms with Gasteiger partial charge in [-0.05, 0) is 48.4 Å². The molecule has 2 fully saturated rings. The highest BCUT2D eigenvalue weighted by Gasteiger charge is 2.86. The maximum absolute atomic E-state index is 16.0. The van der Waals surface area contributed by atoms with Crippen molar-refractivity contribution in [3.8, 4) is 11.1 Å². The van der Waals surface area contributed by atoms with Gasteiger partial charge in [-0.25, -0.2) is 17.2 Å². The van der Waals surface area contributed by atoms with Crippen molar-refractivity contribution in [3.63, 3.8) is 0 Å². The lowest BCUT2D eigenvalue weighted by molar-refractivity contribution is -0.353. The van der Waals surface area contributed by atoms with Gasteiger partial charge in [-0.15, -0.1) is 0 Å². The Morgan fingerprint density at radius 2 is 1.63 bits per heavy atom. The van der Waals surface area contributed by atoms with Crippen molar-refractivity contribution in [1.82, 2.24) is 9.21 Å². The molecule has 1 unspecified atom stereocenters. The zero-order valence-electron chi connectivity index (χ0n) is 20.7. The van der Waals surface area contributed by atoms with Crippen LogP contribution in [-0.4, -0.2) is 55.2 Å². The first-order valence-electron chi connectivity index (χ1n) is 12.5. The van der Waals surface area contributed by atoms with Crippen LogP contribution in [0.3, 0.4) is 0 Å². The Morgan fingerprint density at radius 3 is 2.18 bits per heavy atom. The fourth-order valence-corrected chi connectivity index (χ4v) is 7.18. The summed E-state index contributed by atoms with van der Waals surface area (Å²) in [5.74, 6) is -10.4. The van der Waals surface area contributed by atoms with Crippen LogP contribution >= 0.6 is 0 Å². The average Bonchev–Trinajstić information content (AvgIpc) is 3.69. The van der Waals surface area contributed by atoms with Crippen LogP contribution in [0.4, 0.5) is 26.3 Å². The number of hydrogen-bond acceptors (Lipinski definition) is 4. The Morgan fingerprint density at radius 1 is 1.00 bits per heavy atom. The average molecular weight is 561 g/mol. The highest BCUT2D eigenvalue weighted by Crippen LogP contribution is 2.76. The summed E-state index contributed by atoms with van der Waals surface area (Å²) < 4.78 is 116. The van der Waals surface area contributed by atoms with Gasteiger partial charge < -0.3 is 5.11 Å². The van der Waals surface area contributed by atoms with Crippen LogP contribution in [-0.2, 0) is 40.4 Å². The van der Waals surface area contributed by atoms with Crippen LogP contribution in [0, 0.1) is 11.6 Å². The molecule has 1 heterocycles. The van der Waals surface area contributed by atoms with E-state index >= 15 is 8.78 Å². The summed E-state index contributed by atoms with van der Waals surface area (Å²) in [7, 11) is -3.36. The van der Waals surface area contributed by atoms with Gasteiger partial charge in [0.15, 0.2) is 0 Å². The number of aliphatic hydroxyl groups is 1. The molecule has 4 aliphatic rings. The number of nitrogens with zero attached hydrogens (tertiary/aromatic N) is 2. The van der Waals surface area contributed by atoms with E-state index in [2.05, 4.69) is 0 Å². The number of alkyl halides is 4. The fourth-order valence-electron chi connectivity index (χ4n) is 6.35. The molecule has 38 heavy (non-hydrogen) atoms. The van der Waals surface area contributed by atoms with Gasteiger partial charge in [0.25, 0.3) is 0 Å². The number of sulfonamides is 1. The maximum atomic E-state index is 16.0. The summed E-state index contributed by atoms with van der Waals surface area (Å²) in [6.45, 7) is 2.60. The van der Waals surface area contributed by atoms with E-state index in [1.165, 1.54) is 11.2 Å². The Kier molecular flexibility index (Phi) is 5.46. The summed E-state index contributed by atoms with van der Waals surface area (Å²) in [5, 5.41) is 10.1. The summed E-state index contributed by atoms with van der Waals surface area (Å²) in [4.78, 5) is 1.80. The molecule has 6 rings (SSSR count). The highest BCUT2D eigenvalue weighted by atomic mass is 32.2. The van der Waals surface area contributed by atoms with E-state index in [9.17, 15) is 31.1 Å². The van der Waals surface area contributed by atoms with Crippen molar-refractivity contribution in [2.75, 3.05) is 32.4 Å². The number of halogens is 6. The first-order chi connectivity index (χ1) is 17.7. The van der Waals surface area contributed by atoms with Crippen molar-refractivity contribution in [1.29, 1.82) is 0 Å². The molecule has 1 aliphatic heterocycles. The smallest absolute Gasteiger partial charge is 0.312 e. The van der Waals surface area contributed by atoms with Crippen LogP contribution in [0.25, 0.3) is 11.1 Å². The SMILES string of the molecule is CCc1c(-c2c(F)cc(CN3CCN(S(C)(=O)=O)CC3)c(F)c2C2CC2)cc2c3c1C(F)(F)C3(O)C2(F)F. The van der Waals surface area contributed by atoms with Crippen molar-refractivity contribution in [3.05, 3.63) is 57.1 Å². The van der Waals surface area contributed by atoms with Crippen molar-refractivity contribution in [2.24, 2.45) is 0 Å². The predicted octanol–water partition coefficient (Wildman–Crippen LogP) is 4.55. The second kappa shape index (κ2) is 7.96. The van der Waals surface area contributed by atoms with E-state index in [-0.39, 0.29) is 59.8 Å². The number of hydrogen-bond donors (Lipinski definition) is 1. The molecule has 2 aromatic rings. The molecular weight excluding hydrogens is 534 g/mol. The van der Waals surface area contributed by atoms with Gasteiger partial charge in [-0.1, -0.05) is 6.92 Å². The molecule has 0 bridgehead atoms. The maximum Gasteiger partial charge on any atom is 0.312 e. The van der Waals surface area contributed by atoms with Crippen molar-refractivity contribution < 1.29 is 39.9 Å². The molecule has 1 saturated heterocycles. The minimum absolute atomic E-state index is 0.00263. The summed E-state index contributed by atoms with van der Waals surface area (Å²) in [5.41, 5.74) is -6.06. The van der Waals surface area contributed by atoms with Crippen molar-refractivity contribution in [2.45, 2.75) is 56.1 Å². The molecule has 5 nitrogen and oxygen atoms in total. The Bertz CT molecular complexity index is 1480. The zero-order valence-corrected chi connectivity index (χ0v) is 21.5. The molecule has 1 atom stereocenters. The molecule has 2 aromatic carbocycles. The minimum Gasteiger partial charge on any atom is -0.373 e. The summed E-state index contributed by atoms with van der Waals surface area (Å²) in [6.07, 6.45) is 2.15. The van der Waals surface area contributed by atoms with E-state index in [1.807, 2.05) is 0 Å². The monoisotopic (exact) mass is 560 g/mol. The fraction of sp³-hybridized carbons (Fsp3) is 0.538. The van der Waals surface area contributed by atoms with Crippen LogP contribution in [0.2, 0.25) is 0 Å². The Balaban J connectivity index is 1.44. The van der Waals surface area contributed by atoms with E-state index in [1.54, 1.807) is 4.90 Å². The Labute approximate surface area is 216 Å². The van der Waals surface area contributed by atoms with E-state index in [0.717, 1.165) is 18.4 Å². The van der Waals surface area contributed by atoms with Gasteiger partial charge in [-0.3, -0.25) is 4.90 Å². The number of rotatable bonds is 6. The molecule has 1 saturated carbocycles. The normalized spacial score (nSPS) is 26.0. The predicted molar refractivity (Wildman–Crippen MR) is 127 cm³/mol. The largest absolute Gasteiger partial charge is 0.373 e. The third kappa shape index (κ3) is 3.20. The van der Waals surface area contributed by atoms with E-state index < -0.39 is 55.8 Å². The standard InChI is InChI=1S/C26H26F6N2O3S/c1-3-15-16(11-17-22-21(15)26(31,32)24(22,35)25(17,29)30)20-18(27)10-14(23(28)19(20)13-4-5-13)12-33-6-8-34(9-7-33)38(2,36)37/h10-11,13,35H,3-9,12H2,1-2H3. The summed E-state index contributed by atoms with van der Waals surface area (Å²) >= 11 is 0. The Hall–Kier alpha value is -2.15. The topological polar surface area (TPSA) is 60.9 Å². The van der Waals surface area contributed by atoms with Gasteiger partial charge >= 0.3 is 11.8 Å². The molecule has 0 aromatic heterocycles. The van der Waals surface area contributed by atoms with Gasteiger partial charge in [0.05, 0.1) is 6.26 Å². The second-order valence-electron chi connectivity index (χ2n) is 10.7. The van der Waals surface area contributed by atoms with E-state index in [4.69, 9.17) is 0 Å². The van der Waals surface area contributed by atoms with Crippen LogP contribution < -0.4 is 0 Å². The van der Waals surface area contributed by atoms with Crippen molar-refractivity contribution >= 4 is 10.0 Å². The van der Waals surface area contributed by atoms with E-state index in [0.29, 0.717) is 25.9 Å². The van der Waals surface area contributed by atoms with Gasteiger partial charge in [-0.2, -0.15) is 21.9 Å². The molecule has 12 heteroatoms. The quantitative estimate of drug-likeness (QED) is 0.527. The van der Waals surface area contributed by atoms with Crippen LogP contribution in [0.15, 0.2) is 12.1 Å². The van der Waals surface area contributed by atoms with Gasteiger partial charge in [0.2, 0.25) is 15.6 Å². The molecular formula is C26H26F6N2O3S. The molecule has 0 radical (unpaired) electrons. The molecule has 0 spiro atoms. The van der Waals surface area contributed by atoms with Gasteiger partial charge in [0, 0.05) is 66.1 Å². The third-order valence-corrected chi connectivity index (χ3v) is 9.79. The summed E-state index contributed by atoms with van der Waals surface area (Å²) in [6, 6.07) is 1.92. The molecule has 0 amide bonds. The minimum atomic E-state index is -4.22. The number of piperazine rings is 1. The third-order valence-electron chi connectivity index (χ3n) is 8.49. The lowest BCUT2D eigenvalue weighted by Crippen LogP contribution is -2.70.